The highest BCUT2D eigenvalue weighted by atomic mass is 35.5. The van der Waals surface area contributed by atoms with Crippen molar-refractivity contribution in [2.24, 2.45) is 0 Å². The van der Waals surface area contributed by atoms with Crippen molar-refractivity contribution in [1.82, 2.24) is 0 Å². The molecule has 168 valence electrons. The number of hydrogen-bond donors (Lipinski definition) is 1. The number of anilines is 1. The molecule has 3 aromatic rings. The molecule has 2 aliphatic rings. The lowest BCUT2D eigenvalue weighted by Crippen LogP contribution is -2.29. The molecule has 9 heteroatoms. The zero-order valence-electron chi connectivity index (χ0n) is 17.4. The number of fused-ring (bicyclic) bond motifs is 1. The van der Waals surface area contributed by atoms with E-state index in [4.69, 9.17) is 30.2 Å². The number of aliphatic hydroxyl groups excluding tert-OH is 1. The predicted molar refractivity (Wildman–Crippen MR) is 119 cm³/mol. The number of halogens is 1. The minimum absolute atomic E-state index is 0.0634. The molecule has 0 saturated carbocycles. The molecule has 0 spiro atoms. The molecule has 1 amide bonds. The number of amides is 1. The van der Waals surface area contributed by atoms with Gasteiger partial charge in [0.1, 0.15) is 23.3 Å². The van der Waals surface area contributed by atoms with Crippen LogP contribution in [0.1, 0.15) is 24.3 Å². The first kappa shape index (κ1) is 21.0. The second-order valence-corrected chi connectivity index (χ2v) is 7.70. The lowest BCUT2D eigenvalue weighted by Gasteiger charge is -2.23. The van der Waals surface area contributed by atoms with Gasteiger partial charge >= 0.3 is 0 Å². The van der Waals surface area contributed by atoms with Crippen LogP contribution in [0.2, 0.25) is 5.02 Å². The van der Waals surface area contributed by atoms with E-state index in [1.54, 1.807) is 42.5 Å². The summed E-state index contributed by atoms with van der Waals surface area (Å²) in [5, 5.41) is 11.4. The molecule has 1 atom stereocenters. The second-order valence-electron chi connectivity index (χ2n) is 7.30. The second kappa shape index (κ2) is 8.22. The SMILES string of the molecule is CCOc1ccc(Cl)c(/C(O)=C2/C(=O)C(=O)N(c3ccc4c(c3)OCO4)C2c2ccco2)c1. The Bertz CT molecular complexity index is 1280. The smallest absolute Gasteiger partial charge is 0.300 e. The third-order valence-electron chi connectivity index (χ3n) is 5.40. The summed E-state index contributed by atoms with van der Waals surface area (Å²) in [5.41, 5.74) is 0.405. The van der Waals surface area contributed by atoms with Crippen molar-refractivity contribution in [2.45, 2.75) is 13.0 Å². The van der Waals surface area contributed by atoms with Crippen LogP contribution in [0.3, 0.4) is 0 Å². The first-order chi connectivity index (χ1) is 16.0. The Labute approximate surface area is 193 Å². The summed E-state index contributed by atoms with van der Waals surface area (Å²) in [7, 11) is 0. The summed E-state index contributed by atoms with van der Waals surface area (Å²) in [6, 6.07) is 11.9. The molecule has 33 heavy (non-hydrogen) atoms. The van der Waals surface area contributed by atoms with Crippen molar-refractivity contribution in [3.8, 4) is 17.2 Å². The standard InChI is InChI=1S/C24H18ClNO7/c1-2-30-14-6-7-16(25)15(11-14)22(27)20-21(18-4-3-9-31-18)26(24(29)23(20)28)13-5-8-17-19(10-13)33-12-32-17/h3-11,21,27H,2,12H2,1H3/b22-20-. The highest BCUT2D eigenvalue weighted by molar-refractivity contribution is 6.52. The maximum absolute atomic E-state index is 13.2. The van der Waals surface area contributed by atoms with Gasteiger partial charge < -0.3 is 23.7 Å². The quantitative estimate of drug-likeness (QED) is 0.330. The van der Waals surface area contributed by atoms with Crippen LogP contribution >= 0.6 is 11.6 Å². The van der Waals surface area contributed by atoms with E-state index in [1.165, 1.54) is 17.2 Å². The lowest BCUT2D eigenvalue weighted by molar-refractivity contribution is -0.132. The van der Waals surface area contributed by atoms with Crippen molar-refractivity contribution in [2.75, 3.05) is 18.3 Å². The highest BCUT2D eigenvalue weighted by Gasteiger charge is 2.48. The van der Waals surface area contributed by atoms with Crippen LogP contribution in [0.25, 0.3) is 5.76 Å². The number of hydrogen-bond acceptors (Lipinski definition) is 7. The van der Waals surface area contributed by atoms with E-state index in [-0.39, 0.29) is 23.0 Å². The summed E-state index contributed by atoms with van der Waals surface area (Å²) < 4.78 is 21.8. The van der Waals surface area contributed by atoms with Gasteiger partial charge in [0.15, 0.2) is 11.5 Å². The van der Waals surface area contributed by atoms with Gasteiger partial charge in [-0.2, -0.15) is 0 Å². The molecule has 3 heterocycles. The molecule has 8 nitrogen and oxygen atoms in total. The number of aliphatic hydroxyl groups is 1. The van der Waals surface area contributed by atoms with Crippen molar-refractivity contribution in [3.63, 3.8) is 0 Å². The van der Waals surface area contributed by atoms with Gasteiger partial charge in [0.2, 0.25) is 6.79 Å². The van der Waals surface area contributed by atoms with Crippen LogP contribution in [0.4, 0.5) is 5.69 Å². The molecule has 1 fully saturated rings. The number of ether oxygens (including phenoxy) is 3. The predicted octanol–water partition coefficient (Wildman–Crippen LogP) is 4.69. The van der Waals surface area contributed by atoms with Crippen LogP contribution < -0.4 is 19.1 Å². The van der Waals surface area contributed by atoms with Crippen molar-refractivity contribution >= 4 is 34.7 Å². The molecule has 1 unspecified atom stereocenters. The molecule has 5 rings (SSSR count). The fourth-order valence-electron chi connectivity index (χ4n) is 3.94. The molecule has 2 aliphatic heterocycles. The Balaban J connectivity index is 1.68. The molecular weight excluding hydrogens is 450 g/mol. The Morgan fingerprint density at radius 1 is 1.15 bits per heavy atom. The van der Waals surface area contributed by atoms with E-state index >= 15 is 0 Å². The molecular formula is C24H18ClNO7. The normalized spacial score (nSPS) is 18.7. The Morgan fingerprint density at radius 2 is 1.97 bits per heavy atom. The Morgan fingerprint density at radius 3 is 2.73 bits per heavy atom. The molecule has 1 saturated heterocycles. The monoisotopic (exact) mass is 467 g/mol. The molecule has 0 aliphatic carbocycles. The number of Topliss-reactive ketones (excluding diaryl/α,β-unsaturated/α-hetero) is 1. The summed E-state index contributed by atoms with van der Waals surface area (Å²) >= 11 is 6.33. The maximum Gasteiger partial charge on any atom is 0.300 e. The van der Waals surface area contributed by atoms with Crippen molar-refractivity contribution < 1.29 is 33.3 Å². The van der Waals surface area contributed by atoms with E-state index in [9.17, 15) is 14.7 Å². The molecule has 1 N–H and O–H groups in total. The molecule has 0 bridgehead atoms. The summed E-state index contributed by atoms with van der Waals surface area (Å²) in [6.45, 7) is 2.29. The summed E-state index contributed by atoms with van der Waals surface area (Å²) in [4.78, 5) is 27.6. The minimum atomic E-state index is -1.02. The largest absolute Gasteiger partial charge is 0.507 e. The van der Waals surface area contributed by atoms with E-state index in [2.05, 4.69) is 0 Å². The van der Waals surface area contributed by atoms with Gasteiger partial charge in [-0.25, -0.2) is 0 Å². The number of furan rings is 1. The third-order valence-corrected chi connectivity index (χ3v) is 5.72. The average molecular weight is 468 g/mol. The fourth-order valence-corrected chi connectivity index (χ4v) is 4.14. The number of benzene rings is 2. The first-order valence-electron chi connectivity index (χ1n) is 10.2. The number of carbonyl (C=O) groups is 2. The van der Waals surface area contributed by atoms with E-state index in [1.807, 2.05) is 6.92 Å². The zero-order chi connectivity index (χ0) is 23.1. The van der Waals surface area contributed by atoms with Gasteiger partial charge in [-0.3, -0.25) is 14.5 Å². The average Bonchev–Trinajstić information content (AvgIpc) is 3.55. The van der Waals surface area contributed by atoms with Crippen molar-refractivity contribution in [1.29, 1.82) is 0 Å². The van der Waals surface area contributed by atoms with Crippen LogP contribution in [0.5, 0.6) is 17.2 Å². The van der Waals surface area contributed by atoms with Crippen LogP contribution in [-0.4, -0.2) is 30.2 Å². The first-order valence-corrected chi connectivity index (χ1v) is 10.5. The third kappa shape index (κ3) is 3.48. The van der Waals surface area contributed by atoms with E-state index in [0.29, 0.717) is 35.3 Å². The van der Waals surface area contributed by atoms with Gasteiger partial charge in [-0.15, -0.1) is 0 Å². The van der Waals surface area contributed by atoms with Gasteiger partial charge in [-0.1, -0.05) is 11.6 Å². The van der Waals surface area contributed by atoms with Gasteiger partial charge in [0.05, 0.1) is 23.5 Å². The Kier molecular flexibility index (Phi) is 5.22. The topological polar surface area (TPSA) is 98.4 Å². The fraction of sp³-hybridized carbons (Fsp3) is 0.167. The highest BCUT2D eigenvalue weighted by Crippen LogP contribution is 2.45. The van der Waals surface area contributed by atoms with Crippen LogP contribution in [0, 0.1) is 0 Å². The number of rotatable bonds is 5. The summed E-state index contributed by atoms with van der Waals surface area (Å²) in [5.74, 6) is -0.388. The molecule has 1 aromatic heterocycles. The summed E-state index contributed by atoms with van der Waals surface area (Å²) in [6.07, 6.45) is 1.43. The number of carbonyl (C=O) groups excluding carboxylic acids is 2. The van der Waals surface area contributed by atoms with E-state index < -0.39 is 23.5 Å². The molecule has 0 radical (unpaired) electrons. The Hall–Kier alpha value is -3.91. The van der Waals surface area contributed by atoms with Crippen LogP contribution in [-0.2, 0) is 9.59 Å². The van der Waals surface area contributed by atoms with Gasteiger partial charge in [0.25, 0.3) is 11.7 Å². The number of ketones is 1. The minimum Gasteiger partial charge on any atom is -0.507 e. The molecule has 2 aromatic carbocycles. The van der Waals surface area contributed by atoms with E-state index in [0.717, 1.165) is 0 Å². The van der Waals surface area contributed by atoms with Gasteiger partial charge in [-0.05, 0) is 49.4 Å². The zero-order valence-corrected chi connectivity index (χ0v) is 18.2. The van der Waals surface area contributed by atoms with Crippen molar-refractivity contribution in [3.05, 3.63) is 76.7 Å². The van der Waals surface area contributed by atoms with Crippen LogP contribution in [0.15, 0.2) is 64.8 Å². The number of nitrogens with zero attached hydrogens (tertiary/aromatic N) is 1. The van der Waals surface area contributed by atoms with Gasteiger partial charge in [0, 0.05) is 17.3 Å². The lowest BCUT2D eigenvalue weighted by atomic mass is 9.99. The maximum atomic E-state index is 13.2.